The van der Waals surface area contributed by atoms with Crippen LogP contribution in [0.25, 0.3) is 0 Å². The highest BCUT2D eigenvalue weighted by atomic mass is 16.7. The summed E-state index contributed by atoms with van der Waals surface area (Å²) in [4.78, 5) is 33.0. The van der Waals surface area contributed by atoms with Crippen molar-refractivity contribution < 1.29 is 14.4 Å². The van der Waals surface area contributed by atoms with Gasteiger partial charge in [0.05, 0.1) is 24.3 Å². The van der Waals surface area contributed by atoms with E-state index in [0.29, 0.717) is 32.5 Å². The van der Waals surface area contributed by atoms with Crippen molar-refractivity contribution in [2.45, 2.75) is 45.1 Å². The number of likely N-dealkylation sites (tertiary alicyclic amines) is 1. The number of hydrogen-bond acceptors (Lipinski definition) is 4. The van der Waals surface area contributed by atoms with Crippen LogP contribution in [0.1, 0.15) is 50.8 Å². The van der Waals surface area contributed by atoms with Crippen molar-refractivity contribution >= 4 is 11.8 Å². The van der Waals surface area contributed by atoms with Crippen molar-refractivity contribution in [3.05, 3.63) is 18.0 Å². The van der Waals surface area contributed by atoms with Gasteiger partial charge in [-0.1, -0.05) is 0 Å². The number of piperidine rings is 1. The Hall–Kier alpha value is -1.89. The summed E-state index contributed by atoms with van der Waals surface area (Å²) in [5.41, 5.74) is 0.901. The van der Waals surface area contributed by atoms with Crippen LogP contribution in [0.3, 0.4) is 0 Å². The first-order chi connectivity index (χ1) is 11.6. The predicted octanol–water partition coefficient (Wildman–Crippen LogP) is 1.66. The van der Waals surface area contributed by atoms with Crippen LogP contribution in [0.5, 0.6) is 0 Å². The van der Waals surface area contributed by atoms with Gasteiger partial charge in [0.2, 0.25) is 5.91 Å². The molecule has 2 aliphatic rings. The van der Waals surface area contributed by atoms with E-state index in [1.165, 1.54) is 5.06 Å². The summed E-state index contributed by atoms with van der Waals surface area (Å²) in [5, 5.41) is 5.76. The summed E-state index contributed by atoms with van der Waals surface area (Å²) in [6.07, 6.45) is 5.71. The maximum Gasteiger partial charge on any atom is 0.251 e. The fourth-order valence-electron chi connectivity index (χ4n) is 3.76. The molecule has 0 aromatic carbocycles. The van der Waals surface area contributed by atoms with Crippen molar-refractivity contribution in [2.75, 3.05) is 19.7 Å². The topological polar surface area (TPSA) is 67.7 Å². The minimum absolute atomic E-state index is 0.00551. The minimum atomic E-state index is -0.281. The Bertz CT molecular complexity index is 592. The van der Waals surface area contributed by atoms with E-state index in [1.807, 2.05) is 20.0 Å². The lowest BCUT2D eigenvalue weighted by Gasteiger charge is -2.41. The fraction of sp³-hybridized carbons (Fsp3) is 0.706. The van der Waals surface area contributed by atoms with Gasteiger partial charge in [0.15, 0.2) is 0 Å². The van der Waals surface area contributed by atoms with E-state index in [-0.39, 0.29) is 23.8 Å². The molecule has 2 fully saturated rings. The standard InChI is InChI=1S/C17H26N4O3/c1-3-20-15(22)8-7-13(16(20)14-9-10-18-19(14)2)17(23)21-11-5-4-6-12-24-21/h9-10,13,16H,3-8,11-12H2,1-2H3/t13-,16-/m0/s1. The number of carbonyl (C=O) groups excluding carboxylic acids is 2. The number of hydrogen-bond donors (Lipinski definition) is 0. The van der Waals surface area contributed by atoms with Crippen LogP contribution in [-0.4, -0.2) is 51.3 Å². The van der Waals surface area contributed by atoms with Gasteiger partial charge in [-0.3, -0.25) is 19.1 Å². The lowest BCUT2D eigenvalue weighted by molar-refractivity contribution is -0.192. The summed E-state index contributed by atoms with van der Waals surface area (Å²) in [6, 6.07) is 1.62. The van der Waals surface area contributed by atoms with E-state index in [2.05, 4.69) is 5.10 Å². The number of nitrogens with zero attached hydrogens (tertiary/aromatic N) is 4. The highest BCUT2D eigenvalue weighted by molar-refractivity contribution is 5.84. The molecule has 7 nitrogen and oxygen atoms in total. The number of aryl methyl sites for hydroxylation is 1. The van der Waals surface area contributed by atoms with Crippen LogP contribution in [0.15, 0.2) is 12.3 Å². The van der Waals surface area contributed by atoms with Crippen molar-refractivity contribution in [2.24, 2.45) is 13.0 Å². The van der Waals surface area contributed by atoms with Crippen molar-refractivity contribution in [1.29, 1.82) is 0 Å². The zero-order valence-corrected chi connectivity index (χ0v) is 14.5. The molecule has 2 saturated heterocycles. The van der Waals surface area contributed by atoms with E-state index < -0.39 is 0 Å². The molecule has 0 N–H and O–H groups in total. The normalized spacial score (nSPS) is 25.7. The molecule has 0 bridgehead atoms. The summed E-state index contributed by atoms with van der Waals surface area (Å²) in [5.74, 6) is -0.185. The molecule has 2 aliphatic heterocycles. The molecule has 7 heteroatoms. The maximum absolute atomic E-state index is 13.1. The Kier molecular flexibility index (Phi) is 5.18. The minimum Gasteiger partial charge on any atom is -0.334 e. The smallest absolute Gasteiger partial charge is 0.251 e. The second-order valence-electron chi connectivity index (χ2n) is 6.48. The van der Waals surface area contributed by atoms with Gasteiger partial charge in [-0.25, -0.2) is 5.06 Å². The first-order valence-corrected chi connectivity index (χ1v) is 8.85. The lowest BCUT2D eigenvalue weighted by atomic mass is 9.85. The molecular formula is C17H26N4O3. The van der Waals surface area contributed by atoms with Crippen LogP contribution in [-0.2, 0) is 21.5 Å². The van der Waals surface area contributed by atoms with Crippen LogP contribution in [0.2, 0.25) is 0 Å². The number of carbonyl (C=O) groups is 2. The van der Waals surface area contributed by atoms with Gasteiger partial charge in [-0.05, 0) is 38.7 Å². The molecule has 24 heavy (non-hydrogen) atoms. The third kappa shape index (κ3) is 3.17. The molecule has 1 aromatic rings. The lowest BCUT2D eigenvalue weighted by Crippen LogP contribution is -2.49. The highest BCUT2D eigenvalue weighted by Crippen LogP contribution is 2.37. The number of hydroxylamine groups is 2. The highest BCUT2D eigenvalue weighted by Gasteiger charge is 2.43. The van der Waals surface area contributed by atoms with E-state index >= 15 is 0 Å². The fourth-order valence-corrected chi connectivity index (χ4v) is 3.76. The maximum atomic E-state index is 13.1. The van der Waals surface area contributed by atoms with Gasteiger partial charge < -0.3 is 4.90 Å². The van der Waals surface area contributed by atoms with Gasteiger partial charge in [0.1, 0.15) is 0 Å². The molecule has 2 atom stereocenters. The SMILES string of the molecule is CCN1C(=O)CC[C@H](C(=O)N2CCCCCO2)[C@H]1c1ccnn1C. The summed E-state index contributed by atoms with van der Waals surface area (Å²) >= 11 is 0. The Balaban J connectivity index is 1.90. The zero-order chi connectivity index (χ0) is 17.1. The Morgan fingerprint density at radius 2 is 2.21 bits per heavy atom. The summed E-state index contributed by atoms with van der Waals surface area (Å²) < 4.78 is 1.76. The van der Waals surface area contributed by atoms with E-state index in [4.69, 9.17) is 4.84 Å². The molecule has 3 heterocycles. The predicted molar refractivity (Wildman–Crippen MR) is 87.6 cm³/mol. The second kappa shape index (κ2) is 7.34. The van der Waals surface area contributed by atoms with E-state index in [9.17, 15) is 9.59 Å². The summed E-state index contributed by atoms with van der Waals surface area (Å²) in [6.45, 7) is 3.76. The Labute approximate surface area is 142 Å². The van der Waals surface area contributed by atoms with Gasteiger partial charge in [-0.15, -0.1) is 0 Å². The molecule has 132 valence electrons. The second-order valence-corrected chi connectivity index (χ2v) is 6.48. The number of amides is 2. The molecule has 0 radical (unpaired) electrons. The average molecular weight is 334 g/mol. The van der Waals surface area contributed by atoms with Crippen molar-refractivity contribution in [3.63, 3.8) is 0 Å². The molecule has 1 aromatic heterocycles. The third-order valence-corrected chi connectivity index (χ3v) is 5.02. The number of rotatable bonds is 3. The Morgan fingerprint density at radius 1 is 1.38 bits per heavy atom. The molecule has 0 unspecified atom stereocenters. The largest absolute Gasteiger partial charge is 0.334 e. The monoisotopic (exact) mass is 334 g/mol. The van der Waals surface area contributed by atoms with Crippen molar-refractivity contribution in [3.8, 4) is 0 Å². The van der Waals surface area contributed by atoms with Gasteiger partial charge in [0.25, 0.3) is 5.91 Å². The van der Waals surface area contributed by atoms with Crippen LogP contribution < -0.4 is 0 Å². The van der Waals surface area contributed by atoms with Crippen LogP contribution in [0, 0.1) is 5.92 Å². The molecule has 2 amide bonds. The van der Waals surface area contributed by atoms with Gasteiger partial charge in [0, 0.05) is 32.8 Å². The van der Waals surface area contributed by atoms with Gasteiger partial charge >= 0.3 is 0 Å². The van der Waals surface area contributed by atoms with Crippen molar-refractivity contribution in [1.82, 2.24) is 19.7 Å². The van der Waals surface area contributed by atoms with Gasteiger partial charge in [-0.2, -0.15) is 5.10 Å². The summed E-state index contributed by atoms with van der Waals surface area (Å²) in [7, 11) is 1.85. The first-order valence-electron chi connectivity index (χ1n) is 8.85. The molecule has 0 spiro atoms. The number of aromatic nitrogens is 2. The van der Waals surface area contributed by atoms with Crippen LogP contribution >= 0.6 is 0 Å². The van der Waals surface area contributed by atoms with Crippen LogP contribution in [0.4, 0.5) is 0 Å². The average Bonchev–Trinajstić information content (AvgIpc) is 2.84. The first kappa shape index (κ1) is 17.0. The molecular weight excluding hydrogens is 308 g/mol. The van der Waals surface area contributed by atoms with E-state index in [1.54, 1.807) is 15.8 Å². The Morgan fingerprint density at radius 3 is 2.92 bits per heavy atom. The molecule has 0 aliphatic carbocycles. The molecule has 3 rings (SSSR count). The third-order valence-electron chi connectivity index (χ3n) is 5.02. The molecule has 0 saturated carbocycles. The zero-order valence-electron chi connectivity index (χ0n) is 14.5. The quantitative estimate of drug-likeness (QED) is 0.843. The van der Waals surface area contributed by atoms with E-state index in [0.717, 1.165) is 25.0 Å².